The zero-order valence-electron chi connectivity index (χ0n) is 21.9. The second kappa shape index (κ2) is 10.4. The van der Waals surface area contributed by atoms with Crippen LogP contribution in [0.4, 0.5) is 0 Å². The second-order valence-corrected chi connectivity index (χ2v) is 13.0. The summed E-state index contributed by atoms with van der Waals surface area (Å²) in [6, 6.07) is 13.6. The number of benzene rings is 2. The third-order valence-corrected chi connectivity index (χ3v) is 10.3. The predicted octanol–water partition coefficient (Wildman–Crippen LogP) is 4.92. The van der Waals surface area contributed by atoms with Crippen LogP contribution < -0.4 is 0 Å². The number of nitrogens with one attached hydrogen (secondary N) is 1. The number of amides is 1. The van der Waals surface area contributed by atoms with Crippen LogP contribution in [0, 0.1) is 0 Å². The number of rotatable bonds is 5. The number of carbonyl (C=O) groups excluding carboxylic acids is 1. The van der Waals surface area contributed by atoms with Crippen LogP contribution in [-0.2, 0) is 9.84 Å². The quantitative estimate of drug-likeness (QED) is 0.516. The van der Waals surface area contributed by atoms with Gasteiger partial charge in [0.05, 0.1) is 27.6 Å². The Kier molecular flexibility index (Phi) is 7.23. The lowest BCUT2D eigenvalue weighted by molar-refractivity contribution is 0.0610. The van der Waals surface area contributed by atoms with Crippen molar-refractivity contribution in [1.29, 1.82) is 0 Å². The van der Waals surface area contributed by atoms with Crippen molar-refractivity contribution in [2.45, 2.75) is 62.6 Å². The van der Waals surface area contributed by atoms with Gasteiger partial charge in [-0.05, 0) is 81.9 Å². The summed E-state index contributed by atoms with van der Waals surface area (Å²) in [6.45, 7) is 9.18. The van der Waals surface area contributed by atoms with Crippen LogP contribution in [0.2, 0.25) is 0 Å². The fourth-order valence-electron chi connectivity index (χ4n) is 5.65. The van der Waals surface area contributed by atoms with E-state index in [1.54, 1.807) is 32.3 Å². The molecule has 0 spiro atoms. The first kappa shape index (κ1) is 25.7. The number of likely N-dealkylation sites (tertiary alicyclic amines) is 2. The molecule has 2 aliphatic heterocycles. The van der Waals surface area contributed by atoms with E-state index in [1.165, 1.54) is 11.1 Å². The van der Waals surface area contributed by atoms with Crippen molar-refractivity contribution in [2.24, 2.45) is 0 Å². The van der Waals surface area contributed by atoms with Crippen LogP contribution in [0.5, 0.6) is 0 Å². The van der Waals surface area contributed by atoms with E-state index < -0.39 is 15.1 Å². The largest absolute Gasteiger partial charge is 0.345 e. The number of fused-ring (bicyclic) bond motifs is 1. The van der Waals surface area contributed by atoms with Crippen molar-refractivity contribution in [3.8, 4) is 0 Å². The molecular formula is C29H36N4O3S. The molecule has 0 aliphatic carbocycles. The maximum Gasteiger partial charge on any atom is 0.256 e. The number of imidazole rings is 1. The first-order valence-electron chi connectivity index (χ1n) is 13.2. The van der Waals surface area contributed by atoms with Crippen LogP contribution in [0.25, 0.3) is 16.6 Å². The Balaban J connectivity index is 1.17. The molecule has 3 heterocycles. The molecule has 2 aromatic carbocycles. The Morgan fingerprint density at radius 2 is 1.68 bits per heavy atom. The van der Waals surface area contributed by atoms with E-state index in [0.717, 1.165) is 68.5 Å². The molecule has 2 aliphatic rings. The number of piperidine rings is 2. The molecule has 2 saturated heterocycles. The molecule has 37 heavy (non-hydrogen) atoms. The summed E-state index contributed by atoms with van der Waals surface area (Å²) < 4.78 is 24.9. The first-order valence-corrected chi connectivity index (χ1v) is 14.8. The Hall–Kier alpha value is -2.97. The molecule has 8 heteroatoms. The summed E-state index contributed by atoms with van der Waals surface area (Å²) in [5, 5.41) is -0.419. The molecule has 0 bridgehead atoms. The molecule has 1 aromatic heterocycles. The molecule has 2 fully saturated rings. The highest BCUT2D eigenvalue weighted by Gasteiger charge is 2.30. The highest BCUT2D eigenvalue weighted by Crippen LogP contribution is 2.30. The first-order chi connectivity index (χ1) is 17.8. The lowest BCUT2D eigenvalue weighted by Crippen LogP contribution is -2.48. The number of nitrogens with zero attached hydrogens (tertiary/aromatic N) is 3. The van der Waals surface area contributed by atoms with Gasteiger partial charge in [0.25, 0.3) is 5.91 Å². The van der Waals surface area contributed by atoms with E-state index in [1.807, 2.05) is 35.2 Å². The van der Waals surface area contributed by atoms with Crippen molar-refractivity contribution in [3.05, 3.63) is 65.5 Å². The average Bonchev–Trinajstić information content (AvgIpc) is 3.42. The number of hydrogen-bond donors (Lipinski definition) is 1. The second-order valence-electron chi connectivity index (χ2n) is 10.5. The van der Waals surface area contributed by atoms with Crippen molar-refractivity contribution >= 4 is 32.4 Å². The van der Waals surface area contributed by atoms with E-state index >= 15 is 0 Å². The van der Waals surface area contributed by atoms with Gasteiger partial charge in [0.1, 0.15) is 5.52 Å². The van der Waals surface area contributed by atoms with Gasteiger partial charge in [-0.15, -0.1) is 0 Å². The van der Waals surface area contributed by atoms with Gasteiger partial charge in [0, 0.05) is 32.2 Å². The molecule has 7 nitrogen and oxygen atoms in total. The van der Waals surface area contributed by atoms with Crippen LogP contribution in [-0.4, -0.2) is 71.6 Å². The average molecular weight is 521 g/mol. The van der Waals surface area contributed by atoms with Crippen LogP contribution in [0.1, 0.15) is 62.4 Å². The number of H-pyrrole nitrogens is 1. The lowest BCUT2D eigenvalue weighted by atomic mass is 9.92. The van der Waals surface area contributed by atoms with Crippen molar-refractivity contribution in [3.63, 3.8) is 0 Å². The van der Waals surface area contributed by atoms with Crippen LogP contribution >= 0.6 is 0 Å². The van der Waals surface area contributed by atoms with E-state index in [4.69, 9.17) is 0 Å². The van der Waals surface area contributed by atoms with Gasteiger partial charge in [0.15, 0.2) is 9.84 Å². The molecule has 0 saturated carbocycles. The Morgan fingerprint density at radius 3 is 2.32 bits per heavy atom. The zero-order valence-corrected chi connectivity index (χ0v) is 22.7. The molecule has 1 amide bonds. The van der Waals surface area contributed by atoms with Crippen LogP contribution in [0.15, 0.2) is 59.3 Å². The minimum Gasteiger partial charge on any atom is -0.345 e. The Morgan fingerprint density at radius 1 is 1.00 bits per heavy atom. The normalized spacial score (nSPS) is 18.1. The fourth-order valence-corrected chi connectivity index (χ4v) is 6.71. The molecule has 196 valence electrons. The smallest absolute Gasteiger partial charge is 0.256 e. The lowest BCUT2D eigenvalue weighted by Gasteiger charge is -2.41. The topological polar surface area (TPSA) is 86.4 Å². The van der Waals surface area contributed by atoms with Crippen molar-refractivity contribution < 1.29 is 13.2 Å². The van der Waals surface area contributed by atoms with Gasteiger partial charge < -0.3 is 9.88 Å². The van der Waals surface area contributed by atoms with Gasteiger partial charge in [-0.3, -0.25) is 9.69 Å². The van der Waals surface area contributed by atoms with Gasteiger partial charge >= 0.3 is 0 Å². The summed E-state index contributed by atoms with van der Waals surface area (Å²) >= 11 is 0. The highest BCUT2D eigenvalue weighted by atomic mass is 32.2. The summed E-state index contributed by atoms with van der Waals surface area (Å²) in [5.74, 6) is 0.0721. The molecule has 0 atom stereocenters. The van der Waals surface area contributed by atoms with Gasteiger partial charge in [-0.25, -0.2) is 13.4 Å². The number of aromatic nitrogens is 2. The molecular weight excluding hydrogens is 484 g/mol. The number of aromatic amines is 1. The minimum atomic E-state index is -3.25. The van der Waals surface area contributed by atoms with Crippen molar-refractivity contribution in [1.82, 2.24) is 19.8 Å². The maximum absolute atomic E-state index is 13.2. The number of para-hydroxylation sites is 1. The van der Waals surface area contributed by atoms with Crippen LogP contribution in [0.3, 0.4) is 0 Å². The van der Waals surface area contributed by atoms with E-state index in [-0.39, 0.29) is 5.91 Å². The summed E-state index contributed by atoms with van der Waals surface area (Å²) in [7, 11) is -3.25. The van der Waals surface area contributed by atoms with Gasteiger partial charge in [0.2, 0.25) is 0 Å². The van der Waals surface area contributed by atoms with Gasteiger partial charge in [-0.2, -0.15) is 0 Å². The summed E-state index contributed by atoms with van der Waals surface area (Å²) in [5.41, 5.74) is 6.14. The molecule has 5 rings (SSSR count). The predicted molar refractivity (Wildman–Crippen MR) is 147 cm³/mol. The number of sulfone groups is 1. The number of hydrogen-bond acceptors (Lipinski definition) is 5. The Labute approximate surface area is 219 Å². The summed E-state index contributed by atoms with van der Waals surface area (Å²) in [6.07, 6.45) is 5.68. The van der Waals surface area contributed by atoms with E-state index in [0.29, 0.717) is 16.5 Å². The monoisotopic (exact) mass is 520 g/mol. The molecule has 0 radical (unpaired) electrons. The zero-order chi connectivity index (χ0) is 26.2. The highest BCUT2D eigenvalue weighted by molar-refractivity contribution is 7.92. The summed E-state index contributed by atoms with van der Waals surface area (Å²) in [4.78, 5) is 25.6. The van der Waals surface area contributed by atoms with E-state index in [9.17, 15) is 13.2 Å². The van der Waals surface area contributed by atoms with Gasteiger partial charge in [-0.1, -0.05) is 23.8 Å². The maximum atomic E-state index is 13.2. The number of carbonyl (C=O) groups is 1. The minimum absolute atomic E-state index is 0.0721. The third kappa shape index (κ3) is 5.09. The van der Waals surface area contributed by atoms with Crippen molar-refractivity contribution in [2.75, 3.05) is 26.2 Å². The Bertz CT molecular complexity index is 1400. The molecule has 3 aromatic rings. The SMILES string of the molecule is CC(=C1CCN(C2CCN(C(=O)c3cccc4[nH]cnc34)CC2)CC1)c1ccc(S(=O)(=O)C(C)C)cc1. The molecule has 0 unspecified atom stereocenters. The standard InChI is InChI=1S/C29H36N4O3S/c1-20(2)37(35,36)25-9-7-22(8-10-25)21(3)23-11-15-32(16-12-23)24-13-17-33(18-14-24)29(34)26-5-4-6-27-28(26)31-19-30-27/h4-10,19-20,24H,11-18H2,1-3H3,(H,30,31). The fraction of sp³-hybridized carbons (Fsp3) is 0.448. The number of allylic oxidation sites excluding steroid dienone is 1. The molecule has 1 N–H and O–H groups in total. The third-order valence-electron chi connectivity index (χ3n) is 8.12. The van der Waals surface area contributed by atoms with E-state index in [2.05, 4.69) is 21.8 Å².